The summed E-state index contributed by atoms with van der Waals surface area (Å²) >= 11 is 0. The Kier molecular flexibility index (Phi) is 3.89. The lowest BCUT2D eigenvalue weighted by Crippen LogP contribution is -2.57. The third-order valence-electron chi connectivity index (χ3n) is 5.19. The van der Waals surface area contributed by atoms with Crippen LogP contribution in [0, 0.1) is 5.92 Å². The maximum Gasteiger partial charge on any atom is 0.0760 e. The van der Waals surface area contributed by atoms with E-state index in [0.29, 0.717) is 0 Å². The van der Waals surface area contributed by atoms with Crippen LogP contribution in [0.5, 0.6) is 0 Å². The quantitative estimate of drug-likeness (QED) is 0.860. The summed E-state index contributed by atoms with van der Waals surface area (Å²) in [5, 5.41) is 3.75. The van der Waals surface area contributed by atoms with Gasteiger partial charge >= 0.3 is 0 Å². The van der Waals surface area contributed by atoms with E-state index in [0.717, 1.165) is 31.1 Å². The lowest BCUT2D eigenvalue weighted by Gasteiger charge is -2.47. The zero-order valence-electron chi connectivity index (χ0n) is 13.7. The second kappa shape index (κ2) is 5.26. The lowest BCUT2D eigenvalue weighted by molar-refractivity contribution is -0.180. The molecule has 3 nitrogen and oxygen atoms in total. The first-order valence-electron chi connectivity index (χ1n) is 8.50. The lowest BCUT2D eigenvalue weighted by atomic mass is 9.89. The molecule has 0 amide bonds. The summed E-state index contributed by atoms with van der Waals surface area (Å²) in [7, 11) is 0. The van der Waals surface area contributed by atoms with E-state index in [9.17, 15) is 0 Å². The molecule has 2 atom stereocenters. The minimum absolute atomic E-state index is 0.00506. The Hall–Kier alpha value is -0.120. The minimum Gasteiger partial charge on any atom is -0.367 e. The predicted molar refractivity (Wildman–Crippen MR) is 83.0 cm³/mol. The summed E-state index contributed by atoms with van der Waals surface area (Å²) in [5.41, 5.74) is -0.0101. The molecule has 3 aliphatic heterocycles. The van der Waals surface area contributed by atoms with Crippen molar-refractivity contribution in [1.82, 2.24) is 10.2 Å². The maximum absolute atomic E-state index is 6.18. The molecule has 2 bridgehead atoms. The first kappa shape index (κ1) is 14.8. The zero-order valence-corrected chi connectivity index (χ0v) is 13.7. The highest BCUT2D eigenvalue weighted by atomic mass is 16.5. The van der Waals surface area contributed by atoms with E-state index in [1.165, 1.54) is 38.6 Å². The van der Waals surface area contributed by atoms with Crippen molar-refractivity contribution in [2.45, 2.75) is 83.1 Å². The summed E-state index contributed by atoms with van der Waals surface area (Å²) < 4.78 is 6.18. The highest BCUT2D eigenvalue weighted by Gasteiger charge is 2.38. The fourth-order valence-corrected chi connectivity index (χ4v) is 4.88. The molecule has 0 aliphatic carbocycles. The molecule has 3 aliphatic rings. The van der Waals surface area contributed by atoms with Crippen LogP contribution in [0.3, 0.4) is 0 Å². The van der Waals surface area contributed by atoms with Gasteiger partial charge in [0, 0.05) is 25.2 Å². The minimum atomic E-state index is -0.00506. The number of ether oxygens (including phenoxy) is 1. The average molecular weight is 280 g/mol. The number of nitrogens with zero attached hydrogens (tertiary/aromatic N) is 1. The Labute approximate surface area is 124 Å². The van der Waals surface area contributed by atoms with Gasteiger partial charge in [-0.1, -0.05) is 0 Å². The van der Waals surface area contributed by atoms with Gasteiger partial charge < -0.3 is 10.1 Å². The molecule has 0 aromatic heterocycles. The van der Waals surface area contributed by atoms with Gasteiger partial charge in [-0.15, -0.1) is 0 Å². The number of rotatable bonds is 3. The van der Waals surface area contributed by atoms with Crippen LogP contribution in [0.1, 0.15) is 59.8 Å². The molecule has 3 fully saturated rings. The van der Waals surface area contributed by atoms with Gasteiger partial charge in [-0.05, 0) is 72.3 Å². The highest BCUT2D eigenvalue weighted by molar-refractivity contribution is 4.93. The third kappa shape index (κ3) is 3.55. The van der Waals surface area contributed by atoms with Crippen molar-refractivity contribution in [1.29, 1.82) is 0 Å². The topological polar surface area (TPSA) is 24.5 Å². The molecule has 2 unspecified atom stereocenters. The number of nitrogens with one attached hydrogen (secondary N) is 1. The summed E-state index contributed by atoms with van der Waals surface area (Å²) in [6.45, 7) is 12.3. The van der Waals surface area contributed by atoms with Gasteiger partial charge in [0.1, 0.15) is 0 Å². The van der Waals surface area contributed by atoms with Crippen LogP contribution in [-0.2, 0) is 4.74 Å². The highest BCUT2D eigenvalue weighted by Crippen LogP contribution is 2.34. The van der Waals surface area contributed by atoms with Gasteiger partial charge in [-0.25, -0.2) is 0 Å². The molecule has 1 N–H and O–H groups in total. The third-order valence-corrected chi connectivity index (χ3v) is 5.19. The maximum atomic E-state index is 6.18. The molecular formula is C17H32N2O. The molecule has 0 saturated carbocycles. The van der Waals surface area contributed by atoms with Gasteiger partial charge in [-0.3, -0.25) is 4.90 Å². The van der Waals surface area contributed by atoms with Crippen LogP contribution < -0.4 is 5.32 Å². The monoisotopic (exact) mass is 280 g/mol. The molecule has 0 spiro atoms. The van der Waals surface area contributed by atoms with Gasteiger partial charge in [0.05, 0.1) is 11.2 Å². The molecule has 0 aromatic rings. The van der Waals surface area contributed by atoms with Crippen molar-refractivity contribution in [3.8, 4) is 0 Å². The van der Waals surface area contributed by atoms with E-state index < -0.39 is 0 Å². The van der Waals surface area contributed by atoms with Gasteiger partial charge in [0.2, 0.25) is 0 Å². The van der Waals surface area contributed by atoms with Crippen LogP contribution in [0.15, 0.2) is 0 Å². The van der Waals surface area contributed by atoms with Crippen LogP contribution in [0.2, 0.25) is 0 Å². The van der Waals surface area contributed by atoms with E-state index in [-0.39, 0.29) is 11.2 Å². The smallest absolute Gasteiger partial charge is 0.0760 e. The first-order valence-corrected chi connectivity index (χ1v) is 8.50. The fraction of sp³-hybridized carbons (Fsp3) is 1.00. The molecule has 3 heterocycles. The van der Waals surface area contributed by atoms with Gasteiger partial charge in [0.15, 0.2) is 0 Å². The van der Waals surface area contributed by atoms with Crippen LogP contribution in [0.4, 0.5) is 0 Å². The Balaban J connectivity index is 1.50. The van der Waals surface area contributed by atoms with Crippen molar-refractivity contribution in [3.05, 3.63) is 0 Å². The van der Waals surface area contributed by atoms with Crippen LogP contribution in [-0.4, -0.2) is 47.8 Å². The van der Waals surface area contributed by atoms with Crippen molar-refractivity contribution >= 4 is 0 Å². The summed E-state index contributed by atoms with van der Waals surface area (Å²) in [6.07, 6.45) is 7.03. The number of hydrogen-bond donors (Lipinski definition) is 1. The fourth-order valence-electron chi connectivity index (χ4n) is 4.88. The molecule has 0 radical (unpaired) electrons. The van der Waals surface area contributed by atoms with Crippen molar-refractivity contribution < 1.29 is 4.74 Å². The molecule has 0 aromatic carbocycles. The Morgan fingerprint density at radius 3 is 2.10 bits per heavy atom. The zero-order chi connectivity index (χ0) is 14.4. The summed E-state index contributed by atoms with van der Waals surface area (Å²) in [6, 6.07) is 1.66. The van der Waals surface area contributed by atoms with Crippen molar-refractivity contribution in [2.75, 3.05) is 19.6 Å². The molecule has 3 rings (SSSR count). The summed E-state index contributed by atoms with van der Waals surface area (Å²) in [4.78, 5) is 2.63. The largest absolute Gasteiger partial charge is 0.367 e. The van der Waals surface area contributed by atoms with Crippen LogP contribution in [0.25, 0.3) is 0 Å². The normalized spacial score (nSPS) is 39.9. The number of hydrogen-bond acceptors (Lipinski definition) is 3. The van der Waals surface area contributed by atoms with Crippen molar-refractivity contribution in [3.63, 3.8) is 0 Å². The van der Waals surface area contributed by atoms with Gasteiger partial charge in [0.25, 0.3) is 0 Å². The number of piperidine rings is 1. The second-order valence-electron chi connectivity index (χ2n) is 8.60. The standard InChI is InChI=1S/C17H32N2O/c1-16(2)11-19(12-17(3,4)20-16)8-7-13-9-14-5-6-15(10-13)18-14/h13-15,18H,5-12H2,1-4H3. The summed E-state index contributed by atoms with van der Waals surface area (Å²) in [5.74, 6) is 0.947. The molecule has 3 heteroatoms. The van der Waals surface area contributed by atoms with E-state index >= 15 is 0 Å². The van der Waals surface area contributed by atoms with Crippen LogP contribution >= 0.6 is 0 Å². The number of fused-ring (bicyclic) bond motifs is 2. The molecule has 3 saturated heterocycles. The van der Waals surface area contributed by atoms with E-state index in [1.54, 1.807) is 0 Å². The van der Waals surface area contributed by atoms with E-state index in [1.807, 2.05) is 0 Å². The Morgan fingerprint density at radius 1 is 1.00 bits per heavy atom. The molecule has 20 heavy (non-hydrogen) atoms. The Bertz CT molecular complexity index is 325. The molecular weight excluding hydrogens is 248 g/mol. The van der Waals surface area contributed by atoms with E-state index in [4.69, 9.17) is 4.74 Å². The van der Waals surface area contributed by atoms with Crippen molar-refractivity contribution in [2.24, 2.45) is 5.92 Å². The Morgan fingerprint density at radius 2 is 1.55 bits per heavy atom. The van der Waals surface area contributed by atoms with E-state index in [2.05, 4.69) is 37.9 Å². The predicted octanol–water partition coefficient (Wildman–Crippen LogP) is 2.80. The molecule has 116 valence electrons. The second-order valence-corrected chi connectivity index (χ2v) is 8.60. The average Bonchev–Trinajstić information content (AvgIpc) is 2.62. The number of morpholine rings is 1. The SMILES string of the molecule is CC1(C)CN(CCC2CC3CCC(C2)N3)CC(C)(C)O1. The first-order chi connectivity index (χ1) is 9.31. The van der Waals surface area contributed by atoms with Gasteiger partial charge in [-0.2, -0.15) is 0 Å².